The van der Waals surface area contributed by atoms with Crippen LogP contribution >= 0.6 is 0 Å². The summed E-state index contributed by atoms with van der Waals surface area (Å²) in [6, 6.07) is 15.9. The van der Waals surface area contributed by atoms with Crippen molar-refractivity contribution >= 4 is 17.8 Å². The van der Waals surface area contributed by atoms with Crippen LogP contribution in [0.4, 0.5) is 4.79 Å². The summed E-state index contributed by atoms with van der Waals surface area (Å²) in [5.74, 6) is -0.417. The van der Waals surface area contributed by atoms with Crippen molar-refractivity contribution in [3.8, 4) is 11.8 Å². The van der Waals surface area contributed by atoms with Gasteiger partial charge in [-0.25, -0.2) is 4.79 Å². The van der Waals surface area contributed by atoms with Crippen LogP contribution in [0.25, 0.3) is 0 Å². The van der Waals surface area contributed by atoms with Crippen molar-refractivity contribution in [1.29, 1.82) is 5.26 Å². The SMILES string of the molecule is COc1cccc(C2(C)NC(=O)N(NC(=O)CN3CCCN(Cc4ccc(C#N)cc4)CC3)C2=O)c1. The van der Waals surface area contributed by atoms with Crippen LogP contribution in [-0.2, 0) is 21.7 Å². The largest absolute Gasteiger partial charge is 0.497 e. The Morgan fingerprint density at radius 2 is 1.83 bits per heavy atom. The van der Waals surface area contributed by atoms with Crippen LogP contribution in [0.5, 0.6) is 5.75 Å². The first-order chi connectivity index (χ1) is 17.3. The number of urea groups is 1. The quantitative estimate of drug-likeness (QED) is 0.566. The summed E-state index contributed by atoms with van der Waals surface area (Å²) in [7, 11) is 1.53. The summed E-state index contributed by atoms with van der Waals surface area (Å²) in [6.07, 6.45) is 0.889. The predicted octanol–water partition coefficient (Wildman–Crippen LogP) is 1.57. The number of methoxy groups -OCH3 is 1. The molecule has 0 aromatic heterocycles. The fourth-order valence-corrected chi connectivity index (χ4v) is 4.52. The highest BCUT2D eigenvalue weighted by Gasteiger charge is 2.50. The molecular formula is C26H30N6O4. The maximum atomic E-state index is 13.1. The fraction of sp³-hybridized carbons (Fsp3) is 0.385. The number of nitriles is 1. The number of hydrogen-bond donors (Lipinski definition) is 2. The Kier molecular flexibility index (Phi) is 7.52. The molecule has 2 heterocycles. The average Bonchev–Trinajstić information content (AvgIpc) is 3.01. The second-order valence-electron chi connectivity index (χ2n) is 9.18. The molecule has 188 valence electrons. The lowest BCUT2D eigenvalue weighted by atomic mass is 9.92. The molecule has 0 aliphatic carbocycles. The molecular weight excluding hydrogens is 460 g/mol. The van der Waals surface area contributed by atoms with E-state index in [4.69, 9.17) is 10.00 Å². The summed E-state index contributed by atoms with van der Waals surface area (Å²) in [5, 5.41) is 12.4. The molecule has 0 radical (unpaired) electrons. The monoisotopic (exact) mass is 490 g/mol. The van der Waals surface area contributed by atoms with E-state index in [9.17, 15) is 14.4 Å². The fourth-order valence-electron chi connectivity index (χ4n) is 4.52. The van der Waals surface area contributed by atoms with E-state index < -0.39 is 23.4 Å². The van der Waals surface area contributed by atoms with Gasteiger partial charge in [0.05, 0.1) is 25.3 Å². The molecule has 0 spiro atoms. The maximum Gasteiger partial charge on any atom is 0.344 e. The summed E-state index contributed by atoms with van der Waals surface area (Å²) >= 11 is 0. The molecule has 2 aliphatic rings. The van der Waals surface area contributed by atoms with Crippen LogP contribution in [0.15, 0.2) is 48.5 Å². The van der Waals surface area contributed by atoms with Crippen molar-refractivity contribution in [2.45, 2.75) is 25.4 Å². The molecule has 2 aromatic carbocycles. The zero-order valence-electron chi connectivity index (χ0n) is 20.5. The summed E-state index contributed by atoms with van der Waals surface area (Å²) in [6.45, 7) is 5.55. The molecule has 10 heteroatoms. The molecule has 4 rings (SSSR count). The highest BCUT2D eigenvalue weighted by atomic mass is 16.5. The lowest BCUT2D eigenvalue weighted by Gasteiger charge is -2.24. The Morgan fingerprint density at radius 1 is 1.11 bits per heavy atom. The summed E-state index contributed by atoms with van der Waals surface area (Å²) in [4.78, 5) is 42.8. The van der Waals surface area contributed by atoms with Gasteiger partial charge in [-0.3, -0.25) is 24.8 Å². The van der Waals surface area contributed by atoms with Gasteiger partial charge in [-0.05, 0) is 61.8 Å². The Labute approximate surface area is 210 Å². The number of carbonyl (C=O) groups excluding carboxylic acids is 3. The van der Waals surface area contributed by atoms with Gasteiger partial charge in [-0.1, -0.05) is 24.3 Å². The molecule has 2 saturated heterocycles. The van der Waals surface area contributed by atoms with Gasteiger partial charge in [0.25, 0.3) is 11.8 Å². The van der Waals surface area contributed by atoms with E-state index in [2.05, 4.69) is 21.7 Å². The zero-order valence-corrected chi connectivity index (χ0v) is 20.5. The number of rotatable bonds is 7. The van der Waals surface area contributed by atoms with Gasteiger partial charge in [-0.15, -0.1) is 0 Å². The normalized spacial score (nSPS) is 21.0. The van der Waals surface area contributed by atoms with E-state index >= 15 is 0 Å². The Bertz CT molecular complexity index is 1180. The third-order valence-corrected chi connectivity index (χ3v) is 6.61. The van der Waals surface area contributed by atoms with Crippen molar-refractivity contribution in [1.82, 2.24) is 25.6 Å². The highest BCUT2D eigenvalue weighted by Crippen LogP contribution is 2.30. The smallest absolute Gasteiger partial charge is 0.344 e. The third-order valence-electron chi connectivity index (χ3n) is 6.61. The molecule has 2 N–H and O–H groups in total. The number of ether oxygens (including phenoxy) is 1. The predicted molar refractivity (Wildman–Crippen MR) is 131 cm³/mol. The number of carbonyl (C=O) groups is 3. The van der Waals surface area contributed by atoms with E-state index in [0.717, 1.165) is 43.2 Å². The average molecular weight is 491 g/mol. The number of imide groups is 1. The lowest BCUT2D eigenvalue weighted by Crippen LogP contribution is -2.51. The lowest BCUT2D eigenvalue weighted by molar-refractivity contribution is -0.139. The van der Waals surface area contributed by atoms with Crippen LogP contribution in [0.1, 0.15) is 30.0 Å². The molecule has 2 aromatic rings. The van der Waals surface area contributed by atoms with Gasteiger partial charge in [-0.2, -0.15) is 10.3 Å². The van der Waals surface area contributed by atoms with Gasteiger partial charge in [0.1, 0.15) is 11.3 Å². The van der Waals surface area contributed by atoms with E-state index in [-0.39, 0.29) is 6.54 Å². The third kappa shape index (κ3) is 5.48. The summed E-state index contributed by atoms with van der Waals surface area (Å²) in [5.41, 5.74) is 3.51. The first kappa shape index (κ1) is 25.2. The van der Waals surface area contributed by atoms with Gasteiger partial charge in [0.15, 0.2) is 0 Å². The Morgan fingerprint density at radius 3 is 2.56 bits per heavy atom. The number of benzene rings is 2. The van der Waals surface area contributed by atoms with Crippen molar-refractivity contribution in [3.05, 3.63) is 65.2 Å². The minimum Gasteiger partial charge on any atom is -0.497 e. The minimum atomic E-state index is -1.31. The van der Waals surface area contributed by atoms with Crippen molar-refractivity contribution in [3.63, 3.8) is 0 Å². The van der Waals surface area contributed by atoms with E-state index in [1.807, 2.05) is 29.2 Å². The molecule has 0 bridgehead atoms. The molecule has 1 atom stereocenters. The number of nitrogens with one attached hydrogen (secondary N) is 2. The zero-order chi connectivity index (χ0) is 25.7. The maximum absolute atomic E-state index is 13.1. The summed E-state index contributed by atoms with van der Waals surface area (Å²) < 4.78 is 5.23. The Hall–Kier alpha value is -3.94. The molecule has 4 amide bonds. The van der Waals surface area contributed by atoms with Crippen LogP contribution in [0.3, 0.4) is 0 Å². The second kappa shape index (κ2) is 10.8. The van der Waals surface area contributed by atoms with Gasteiger partial charge >= 0.3 is 6.03 Å². The minimum absolute atomic E-state index is 0.0810. The number of hydrogen-bond acceptors (Lipinski definition) is 7. The molecule has 1 unspecified atom stereocenters. The molecule has 10 nitrogen and oxygen atoms in total. The number of nitrogens with zero attached hydrogens (tertiary/aromatic N) is 4. The van der Waals surface area contributed by atoms with Gasteiger partial charge in [0, 0.05) is 19.6 Å². The Balaban J connectivity index is 1.31. The van der Waals surface area contributed by atoms with Crippen LogP contribution in [0, 0.1) is 11.3 Å². The second-order valence-corrected chi connectivity index (χ2v) is 9.18. The standard InChI is InChI=1S/C26H30N6O4/c1-26(21-5-3-6-22(15-21)36-2)24(34)32(25(35)28-26)29-23(33)18-31-12-4-11-30(13-14-31)17-20-9-7-19(16-27)8-10-20/h3,5-10,15H,4,11-14,17-18H2,1-2H3,(H,28,35)(H,29,33). The molecule has 2 aliphatic heterocycles. The van der Waals surface area contributed by atoms with Crippen LogP contribution < -0.4 is 15.5 Å². The van der Waals surface area contributed by atoms with Crippen LogP contribution in [0.2, 0.25) is 0 Å². The van der Waals surface area contributed by atoms with Crippen molar-refractivity contribution in [2.24, 2.45) is 0 Å². The highest BCUT2D eigenvalue weighted by molar-refractivity contribution is 6.08. The van der Waals surface area contributed by atoms with Gasteiger partial charge in [0.2, 0.25) is 0 Å². The van der Waals surface area contributed by atoms with E-state index in [1.54, 1.807) is 31.2 Å². The van der Waals surface area contributed by atoms with Crippen LogP contribution in [-0.4, -0.2) is 72.5 Å². The molecule has 2 fully saturated rings. The number of amides is 4. The van der Waals surface area contributed by atoms with E-state index in [1.165, 1.54) is 7.11 Å². The first-order valence-electron chi connectivity index (χ1n) is 11.9. The first-order valence-corrected chi connectivity index (χ1v) is 11.9. The van der Waals surface area contributed by atoms with Gasteiger partial charge < -0.3 is 10.1 Å². The number of hydrazine groups is 1. The van der Waals surface area contributed by atoms with E-state index in [0.29, 0.717) is 23.4 Å². The molecule has 0 saturated carbocycles. The topological polar surface area (TPSA) is 118 Å². The van der Waals surface area contributed by atoms with Crippen molar-refractivity contribution < 1.29 is 19.1 Å². The molecule has 36 heavy (non-hydrogen) atoms. The van der Waals surface area contributed by atoms with Crippen molar-refractivity contribution in [2.75, 3.05) is 39.8 Å².